The summed E-state index contributed by atoms with van der Waals surface area (Å²) in [5.74, 6) is 1.05. The van der Waals surface area contributed by atoms with Crippen LogP contribution in [0.3, 0.4) is 0 Å². The van der Waals surface area contributed by atoms with Crippen LogP contribution >= 0.6 is 0 Å². The minimum Gasteiger partial charge on any atom is -0.381 e. The van der Waals surface area contributed by atoms with Crippen LogP contribution in [0.25, 0.3) is 0 Å². The van der Waals surface area contributed by atoms with Crippen molar-refractivity contribution in [1.82, 2.24) is 19.9 Å². The van der Waals surface area contributed by atoms with Gasteiger partial charge in [-0.05, 0) is 33.0 Å². The maximum atomic E-state index is 9.32. The molecular weight excluding hydrogens is 316 g/mol. The summed E-state index contributed by atoms with van der Waals surface area (Å²) in [7, 11) is 2.12. The SMILES string of the molecule is CN1CCC(Nc2cc(Nc3cnc(C#N)cn3)ncc2C#N)CC1. The lowest BCUT2D eigenvalue weighted by Crippen LogP contribution is -2.36. The molecule has 0 unspecified atom stereocenters. The molecule has 0 aliphatic carbocycles. The molecule has 1 saturated heterocycles. The summed E-state index contributed by atoms with van der Waals surface area (Å²) < 4.78 is 0. The molecule has 1 fully saturated rings. The second-order valence-electron chi connectivity index (χ2n) is 5.97. The topological polar surface area (TPSA) is 114 Å². The van der Waals surface area contributed by atoms with Gasteiger partial charge in [-0.2, -0.15) is 10.5 Å². The Morgan fingerprint density at radius 2 is 1.80 bits per heavy atom. The molecule has 0 bridgehead atoms. The smallest absolute Gasteiger partial charge is 0.158 e. The standard InChI is InChI=1S/C17H18N8/c1-25-4-2-13(3-5-25)23-15-6-16(21-9-12(15)7-18)24-17-11-20-14(8-19)10-22-17/h6,9-11,13H,2-5H2,1H3,(H2,21,22,23,24). The van der Waals surface area contributed by atoms with Crippen LogP contribution in [-0.4, -0.2) is 46.0 Å². The fraction of sp³-hybridized carbons (Fsp3) is 0.353. The highest BCUT2D eigenvalue weighted by Crippen LogP contribution is 2.23. The Kier molecular flexibility index (Phi) is 5.03. The first-order chi connectivity index (χ1) is 12.2. The van der Waals surface area contributed by atoms with E-state index in [4.69, 9.17) is 5.26 Å². The van der Waals surface area contributed by atoms with Gasteiger partial charge in [-0.15, -0.1) is 0 Å². The van der Waals surface area contributed by atoms with Crippen molar-refractivity contribution in [2.24, 2.45) is 0 Å². The largest absolute Gasteiger partial charge is 0.381 e. The average molecular weight is 334 g/mol. The second-order valence-corrected chi connectivity index (χ2v) is 5.97. The van der Waals surface area contributed by atoms with Gasteiger partial charge in [0.2, 0.25) is 0 Å². The normalized spacial score (nSPS) is 15.2. The predicted octanol–water partition coefficient (Wildman–Crippen LogP) is 1.86. The van der Waals surface area contributed by atoms with Crippen LogP contribution in [0.15, 0.2) is 24.7 Å². The number of aromatic nitrogens is 3. The Morgan fingerprint density at radius 1 is 1.04 bits per heavy atom. The van der Waals surface area contributed by atoms with Crippen LogP contribution in [-0.2, 0) is 0 Å². The molecule has 3 rings (SSSR count). The second kappa shape index (κ2) is 7.56. The molecule has 0 radical (unpaired) electrons. The molecule has 25 heavy (non-hydrogen) atoms. The Hall–Kier alpha value is -3.23. The van der Waals surface area contributed by atoms with Crippen LogP contribution in [0.2, 0.25) is 0 Å². The van der Waals surface area contributed by atoms with Crippen LogP contribution < -0.4 is 10.6 Å². The van der Waals surface area contributed by atoms with Gasteiger partial charge in [0, 0.05) is 18.3 Å². The van der Waals surface area contributed by atoms with E-state index in [-0.39, 0.29) is 5.69 Å². The minimum atomic E-state index is 0.253. The van der Waals surface area contributed by atoms with E-state index >= 15 is 0 Å². The lowest BCUT2D eigenvalue weighted by Gasteiger charge is -2.30. The van der Waals surface area contributed by atoms with Gasteiger partial charge in [0.15, 0.2) is 5.69 Å². The molecule has 0 spiro atoms. The van der Waals surface area contributed by atoms with Gasteiger partial charge in [0.05, 0.1) is 23.6 Å². The van der Waals surface area contributed by atoms with E-state index in [1.54, 1.807) is 6.07 Å². The van der Waals surface area contributed by atoms with Gasteiger partial charge in [-0.3, -0.25) is 0 Å². The Morgan fingerprint density at radius 3 is 2.44 bits per heavy atom. The molecule has 2 aromatic heterocycles. The lowest BCUT2D eigenvalue weighted by atomic mass is 10.0. The highest BCUT2D eigenvalue weighted by atomic mass is 15.1. The molecular formula is C17H18N8. The van der Waals surface area contributed by atoms with Crippen molar-refractivity contribution in [2.75, 3.05) is 30.8 Å². The first-order valence-electron chi connectivity index (χ1n) is 8.02. The quantitative estimate of drug-likeness (QED) is 0.871. The third-order valence-electron chi connectivity index (χ3n) is 4.13. The van der Waals surface area contributed by atoms with Crippen molar-refractivity contribution in [1.29, 1.82) is 10.5 Å². The third kappa shape index (κ3) is 4.19. The van der Waals surface area contributed by atoms with Gasteiger partial charge >= 0.3 is 0 Å². The molecule has 1 aliphatic rings. The molecule has 0 aromatic carbocycles. The van der Waals surface area contributed by atoms with Crippen LogP contribution in [0.4, 0.5) is 17.3 Å². The summed E-state index contributed by atoms with van der Waals surface area (Å²) in [6, 6.07) is 6.24. The summed E-state index contributed by atoms with van der Waals surface area (Å²) in [6.07, 6.45) is 6.48. The fourth-order valence-corrected chi connectivity index (χ4v) is 2.69. The number of rotatable bonds is 4. The van der Waals surface area contributed by atoms with E-state index in [1.165, 1.54) is 18.6 Å². The summed E-state index contributed by atoms with van der Waals surface area (Å²) in [5.41, 5.74) is 1.52. The van der Waals surface area contributed by atoms with Crippen LogP contribution in [0.5, 0.6) is 0 Å². The van der Waals surface area contributed by atoms with Crippen molar-refractivity contribution in [3.8, 4) is 12.1 Å². The minimum absolute atomic E-state index is 0.253. The van der Waals surface area contributed by atoms with Crippen molar-refractivity contribution < 1.29 is 0 Å². The number of nitrogens with one attached hydrogen (secondary N) is 2. The molecule has 0 amide bonds. The Labute approximate surface area is 146 Å². The van der Waals surface area contributed by atoms with Gasteiger partial charge in [-0.1, -0.05) is 0 Å². The number of likely N-dealkylation sites (tertiary alicyclic amines) is 1. The number of piperidine rings is 1. The monoisotopic (exact) mass is 334 g/mol. The molecule has 126 valence electrons. The maximum Gasteiger partial charge on any atom is 0.158 e. The molecule has 8 nitrogen and oxygen atoms in total. The first-order valence-corrected chi connectivity index (χ1v) is 8.02. The van der Waals surface area contributed by atoms with E-state index in [2.05, 4.69) is 43.6 Å². The zero-order valence-corrected chi connectivity index (χ0v) is 13.9. The van der Waals surface area contributed by atoms with Gasteiger partial charge in [0.25, 0.3) is 0 Å². The van der Waals surface area contributed by atoms with Crippen molar-refractivity contribution in [3.05, 3.63) is 35.9 Å². The molecule has 1 aliphatic heterocycles. The van der Waals surface area contributed by atoms with Gasteiger partial charge in [-0.25, -0.2) is 15.0 Å². The van der Waals surface area contributed by atoms with Crippen molar-refractivity contribution >= 4 is 17.3 Å². The molecule has 0 atom stereocenters. The predicted molar refractivity (Wildman–Crippen MR) is 93.1 cm³/mol. The summed E-state index contributed by atoms with van der Waals surface area (Å²) in [6.45, 7) is 2.08. The molecule has 2 N–H and O–H groups in total. The highest BCUT2D eigenvalue weighted by molar-refractivity contribution is 5.64. The highest BCUT2D eigenvalue weighted by Gasteiger charge is 2.18. The lowest BCUT2D eigenvalue weighted by molar-refractivity contribution is 0.264. The average Bonchev–Trinajstić information content (AvgIpc) is 2.64. The molecule has 8 heteroatoms. The van der Waals surface area contributed by atoms with Crippen molar-refractivity contribution in [3.63, 3.8) is 0 Å². The van der Waals surface area contributed by atoms with E-state index in [0.717, 1.165) is 31.6 Å². The van der Waals surface area contributed by atoms with Crippen LogP contribution in [0, 0.1) is 22.7 Å². The molecule has 3 heterocycles. The Bertz CT molecular complexity index is 810. The fourth-order valence-electron chi connectivity index (χ4n) is 2.69. The third-order valence-corrected chi connectivity index (χ3v) is 4.13. The number of nitrogens with zero attached hydrogens (tertiary/aromatic N) is 6. The van der Waals surface area contributed by atoms with E-state index < -0.39 is 0 Å². The van der Waals surface area contributed by atoms with Gasteiger partial charge < -0.3 is 15.5 Å². The summed E-state index contributed by atoms with van der Waals surface area (Å²) in [5, 5.41) is 24.6. The summed E-state index contributed by atoms with van der Waals surface area (Å²) in [4.78, 5) is 14.6. The zero-order valence-electron chi connectivity index (χ0n) is 13.9. The zero-order chi connectivity index (χ0) is 17.6. The van der Waals surface area contributed by atoms with Crippen molar-refractivity contribution in [2.45, 2.75) is 18.9 Å². The van der Waals surface area contributed by atoms with Crippen LogP contribution in [0.1, 0.15) is 24.1 Å². The molecule has 2 aromatic rings. The Balaban J connectivity index is 1.75. The number of anilines is 3. The van der Waals surface area contributed by atoms with E-state index in [9.17, 15) is 5.26 Å². The van der Waals surface area contributed by atoms with E-state index in [1.807, 2.05) is 6.07 Å². The number of pyridine rings is 1. The molecule has 0 saturated carbocycles. The number of hydrogen-bond donors (Lipinski definition) is 2. The first kappa shape index (κ1) is 16.6. The van der Waals surface area contributed by atoms with Gasteiger partial charge in [0.1, 0.15) is 23.8 Å². The summed E-state index contributed by atoms with van der Waals surface area (Å²) >= 11 is 0. The number of nitriles is 2. The number of hydrogen-bond acceptors (Lipinski definition) is 8. The van der Waals surface area contributed by atoms with E-state index in [0.29, 0.717) is 23.2 Å². The maximum absolute atomic E-state index is 9.32.